The minimum atomic E-state index is -4.61. The molecule has 0 aromatic carbocycles. The van der Waals surface area contributed by atoms with Gasteiger partial charge in [-0.3, -0.25) is 9.36 Å². The Morgan fingerprint density at radius 1 is 0.466 bits per heavy atom. The molecule has 9 heteroatoms. The highest BCUT2D eigenvalue weighted by Crippen LogP contribution is 2.38. The van der Waals surface area contributed by atoms with Crippen LogP contribution >= 0.6 is 7.82 Å². The van der Waals surface area contributed by atoms with Gasteiger partial charge in [-0.05, 0) is 70.6 Å². The molecule has 0 aromatic rings. The lowest BCUT2D eigenvalue weighted by molar-refractivity contribution is -0.870. The molecule has 2 N–H and O–H groups in total. The maximum Gasteiger partial charge on any atom is 0.268 e. The summed E-state index contributed by atoms with van der Waals surface area (Å²) in [5.74, 6) is -0.209. The number of nitrogens with one attached hydrogen (secondary N) is 1. The number of likely N-dealkylation sites (N-methyl/N-ethyl adjacent to an activating group) is 1. The Bertz CT molecular complexity index is 1330. The van der Waals surface area contributed by atoms with E-state index in [-0.39, 0.29) is 12.5 Å². The molecule has 0 heterocycles. The largest absolute Gasteiger partial charge is 0.756 e. The van der Waals surface area contributed by atoms with Crippen LogP contribution in [0, 0.1) is 0 Å². The zero-order chi connectivity index (χ0) is 53.5. The van der Waals surface area contributed by atoms with Crippen LogP contribution in [0.5, 0.6) is 0 Å². The first-order valence-corrected chi connectivity index (χ1v) is 33.0. The second-order valence-corrected chi connectivity index (χ2v) is 24.2. The van der Waals surface area contributed by atoms with Crippen molar-refractivity contribution in [3.8, 4) is 0 Å². The molecule has 0 saturated carbocycles. The number of nitrogens with zero attached hydrogens (tertiary/aromatic N) is 1. The third kappa shape index (κ3) is 58.0. The smallest absolute Gasteiger partial charge is 0.268 e. The van der Waals surface area contributed by atoms with Gasteiger partial charge in [-0.2, -0.15) is 0 Å². The molecule has 0 aliphatic rings. The molecule has 0 rings (SSSR count). The molecule has 0 fully saturated rings. The Hall–Kier alpha value is -1.54. The number of hydrogen-bond donors (Lipinski definition) is 2. The van der Waals surface area contributed by atoms with E-state index in [2.05, 4.69) is 55.6 Å². The van der Waals surface area contributed by atoms with Crippen molar-refractivity contribution in [1.82, 2.24) is 5.32 Å². The summed E-state index contributed by atoms with van der Waals surface area (Å²) in [6.45, 7) is 4.62. The normalized spacial score (nSPS) is 14.1. The summed E-state index contributed by atoms with van der Waals surface area (Å²) in [7, 11) is 1.24. The summed E-state index contributed by atoms with van der Waals surface area (Å²) < 4.78 is 23.3. The van der Waals surface area contributed by atoms with Gasteiger partial charge in [0.2, 0.25) is 5.91 Å². The quantitative estimate of drug-likeness (QED) is 0.0272. The maximum atomic E-state index is 13.0. The average Bonchev–Trinajstić information content (AvgIpc) is 3.35. The summed E-state index contributed by atoms with van der Waals surface area (Å²) in [6.07, 6.45) is 73.8. The number of hydrogen-bond acceptors (Lipinski definition) is 6. The van der Waals surface area contributed by atoms with Crippen molar-refractivity contribution in [3.05, 3.63) is 48.6 Å². The fraction of sp³-hybridized carbons (Fsp3) is 0.859. The van der Waals surface area contributed by atoms with Gasteiger partial charge in [0.25, 0.3) is 7.82 Å². The average molecular weight is 1050 g/mol. The SMILES string of the molecule is CCCCCC/C=C/CC/C=C/CC/C=C/C(O)C(COP(=O)([O-])OCC[N+](C)(C)C)NC(=O)CCCCCCCCCCCCCCCCCCC/C=C\CCCCCCCCCCCCCCCCCC. The van der Waals surface area contributed by atoms with Crippen molar-refractivity contribution >= 4 is 13.7 Å². The highest BCUT2D eigenvalue weighted by atomic mass is 31.2. The fourth-order valence-electron chi connectivity index (χ4n) is 9.30. The van der Waals surface area contributed by atoms with Crippen molar-refractivity contribution in [2.24, 2.45) is 0 Å². The van der Waals surface area contributed by atoms with Crippen LogP contribution in [0.2, 0.25) is 0 Å². The van der Waals surface area contributed by atoms with Crippen LogP contribution in [0.25, 0.3) is 0 Å². The number of aliphatic hydroxyl groups is 1. The van der Waals surface area contributed by atoms with E-state index in [0.29, 0.717) is 17.4 Å². The zero-order valence-electron chi connectivity index (χ0n) is 49.1. The minimum absolute atomic E-state index is 0.00879. The third-order valence-corrected chi connectivity index (χ3v) is 15.2. The Labute approximate surface area is 454 Å². The highest BCUT2D eigenvalue weighted by molar-refractivity contribution is 7.45. The first-order valence-electron chi connectivity index (χ1n) is 31.5. The summed E-state index contributed by atoms with van der Waals surface area (Å²) in [6, 6.07) is -0.909. The molecule has 0 bridgehead atoms. The number of unbranched alkanes of at least 4 members (excludes halogenated alkanes) is 39. The summed E-state index contributed by atoms with van der Waals surface area (Å²) in [5, 5.41) is 13.8. The Kier molecular flexibility index (Phi) is 54.1. The number of carbonyl (C=O) groups excluding carboxylic acids is 1. The van der Waals surface area contributed by atoms with E-state index >= 15 is 0 Å². The van der Waals surface area contributed by atoms with E-state index in [0.717, 1.165) is 51.4 Å². The number of quaternary nitrogens is 1. The summed E-state index contributed by atoms with van der Waals surface area (Å²) >= 11 is 0. The highest BCUT2D eigenvalue weighted by Gasteiger charge is 2.23. The molecule has 73 heavy (non-hydrogen) atoms. The minimum Gasteiger partial charge on any atom is -0.756 e. The number of carbonyl (C=O) groups is 1. The third-order valence-electron chi connectivity index (χ3n) is 14.2. The van der Waals surface area contributed by atoms with Gasteiger partial charge in [0.15, 0.2) is 0 Å². The first kappa shape index (κ1) is 71.5. The van der Waals surface area contributed by atoms with Crippen molar-refractivity contribution in [1.29, 1.82) is 0 Å². The van der Waals surface area contributed by atoms with Gasteiger partial charge < -0.3 is 28.8 Å². The lowest BCUT2D eigenvalue weighted by atomic mass is 10.0. The second-order valence-electron chi connectivity index (χ2n) is 22.7. The van der Waals surface area contributed by atoms with Crippen LogP contribution < -0.4 is 10.2 Å². The van der Waals surface area contributed by atoms with Crippen LogP contribution in [0.15, 0.2) is 48.6 Å². The number of phosphoric acid groups is 1. The fourth-order valence-corrected chi connectivity index (χ4v) is 10.0. The lowest BCUT2D eigenvalue weighted by Gasteiger charge is -2.29. The first-order chi connectivity index (χ1) is 35.5. The number of amides is 1. The molecule has 430 valence electrons. The molecular weight excluding hydrogens is 924 g/mol. The van der Waals surface area contributed by atoms with Gasteiger partial charge in [-0.1, -0.05) is 274 Å². The number of phosphoric ester groups is 1. The van der Waals surface area contributed by atoms with Gasteiger partial charge in [0, 0.05) is 6.42 Å². The Morgan fingerprint density at radius 2 is 0.767 bits per heavy atom. The van der Waals surface area contributed by atoms with E-state index in [1.165, 1.54) is 231 Å². The van der Waals surface area contributed by atoms with Crippen molar-refractivity contribution in [2.45, 2.75) is 315 Å². The molecule has 8 nitrogen and oxygen atoms in total. The molecule has 1 amide bonds. The van der Waals surface area contributed by atoms with Gasteiger partial charge in [0.05, 0.1) is 39.9 Å². The molecule has 3 atom stereocenters. The predicted molar refractivity (Wildman–Crippen MR) is 316 cm³/mol. The Morgan fingerprint density at radius 3 is 1.12 bits per heavy atom. The van der Waals surface area contributed by atoms with Crippen LogP contribution in [-0.4, -0.2) is 68.5 Å². The molecule has 0 aliphatic heterocycles. The molecular formula is C64H123N2O6P. The van der Waals surface area contributed by atoms with Crippen molar-refractivity contribution in [3.63, 3.8) is 0 Å². The van der Waals surface area contributed by atoms with Crippen molar-refractivity contribution in [2.75, 3.05) is 40.9 Å². The predicted octanol–water partition coefficient (Wildman–Crippen LogP) is 18.9. The zero-order valence-corrected chi connectivity index (χ0v) is 50.0. The van der Waals surface area contributed by atoms with Gasteiger partial charge in [0.1, 0.15) is 13.2 Å². The van der Waals surface area contributed by atoms with Crippen LogP contribution in [0.4, 0.5) is 0 Å². The van der Waals surface area contributed by atoms with E-state index in [1.54, 1.807) is 6.08 Å². The van der Waals surface area contributed by atoms with E-state index < -0.39 is 26.6 Å². The van der Waals surface area contributed by atoms with Crippen LogP contribution in [-0.2, 0) is 18.4 Å². The molecule has 0 saturated heterocycles. The summed E-state index contributed by atoms with van der Waals surface area (Å²) in [5.41, 5.74) is 0. The van der Waals surface area contributed by atoms with Gasteiger partial charge >= 0.3 is 0 Å². The number of rotatable bonds is 58. The second kappa shape index (κ2) is 55.2. The monoisotopic (exact) mass is 1050 g/mol. The number of allylic oxidation sites excluding steroid dienone is 7. The molecule has 3 unspecified atom stereocenters. The lowest BCUT2D eigenvalue weighted by Crippen LogP contribution is -2.45. The molecule has 0 aliphatic carbocycles. The molecule has 0 aromatic heterocycles. The number of aliphatic hydroxyl groups excluding tert-OH is 1. The van der Waals surface area contributed by atoms with Gasteiger partial charge in [-0.15, -0.1) is 0 Å². The summed E-state index contributed by atoms with van der Waals surface area (Å²) in [4.78, 5) is 25.5. The van der Waals surface area contributed by atoms with E-state index in [4.69, 9.17) is 9.05 Å². The topological polar surface area (TPSA) is 108 Å². The van der Waals surface area contributed by atoms with E-state index in [1.807, 2.05) is 27.2 Å². The maximum absolute atomic E-state index is 13.0. The molecule has 0 radical (unpaired) electrons. The van der Waals surface area contributed by atoms with Crippen LogP contribution in [0.3, 0.4) is 0 Å². The molecule has 0 spiro atoms. The van der Waals surface area contributed by atoms with Gasteiger partial charge in [-0.25, -0.2) is 0 Å². The Balaban J connectivity index is 3.95. The standard InChI is InChI=1S/C64H123N2O6P/c1-6-8-10-12-14-16-18-20-22-23-24-25-26-27-28-29-30-31-32-33-34-35-36-37-38-39-40-41-42-43-44-46-48-50-52-54-56-58-64(68)65-62(61-72-73(69,70)71-60-59-66(3,4)5)63(67)57-55-53-51-49-47-45-21-19-17-15-13-11-9-7-2/h17,19,31-32,47,49,55,57,62-63,67H,6-16,18,20-30,33-46,48,50-54,56,58-61H2,1-5H3,(H-,65,68,69,70)/b19-17+,32-31-,49-47+,57-55+. The van der Waals surface area contributed by atoms with Crippen LogP contribution in [0.1, 0.15) is 303 Å². The van der Waals surface area contributed by atoms with Crippen molar-refractivity contribution < 1.29 is 32.9 Å². The van der Waals surface area contributed by atoms with E-state index in [9.17, 15) is 19.4 Å².